The van der Waals surface area contributed by atoms with Crippen LogP contribution in [-0.2, 0) is 11.3 Å². The fourth-order valence-electron chi connectivity index (χ4n) is 3.06. The van der Waals surface area contributed by atoms with E-state index in [2.05, 4.69) is 5.10 Å². The van der Waals surface area contributed by atoms with Crippen molar-refractivity contribution >= 4 is 40.1 Å². The lowest BCUT2D eigenvalue weighted by Crippen LogP contribution is -2.31. The molecule has 136 valence electrons. The SMILES string of the molecule is Cc1nn(Cc2ccc(F)cc2Cl)c(C)c1N=C1SCC(=O)N1C1CC1. The van der Waals surface area contributed by atoms with E-state index in [9.17, 15) is 9.18 Å². The molecule has 1 saturated carbocycles. The van der Waals surface area contributed by atoms with E-state index >= 15 is 0 Å². The molecule has 26 heavy (non-hydrogen) atoms. The molecule has 1 aliphatic heterocycles. The number of rotatable bonds is 4. The van der Waals surface area contributed by atoms with Crippen molar-refractivity contribution < 1.29 is 9.18 Å². The Bertz CT molecular complexity index is 922. The second-order valence-electron chi connectivity index (χ2n) is 6.59. The molecule has 2 heterocycles. The summed E-state index contributed by atoms with van der Waals surface area (Å²) in [6.45, 7) is 4.28. The number of aromatic nitrogens is 2. The summed E-state index contributed by atoms with van der Waals surface area (Å²) >= 11 is 7.62. The average molecular weight is 393 g/mol. The standard InChI is InChI=1S/C18H18ClFN4OS/c1-10-17(21-18-24(14-5-6-14)16(25)9-26-18)11(2)23(22-10)8-12-3-4-13(20)7-15(12)19/h3-4,7,14H,5-6,8-9H2,1-2H3. The van der Waals surface area contributed by atoms with Crippen LogP contribution in [0.5, 0.6) is 0 Å². The summed E-state index contributed by atoms with van der Waals surface area (Å²) in [5.41, 5.74) is 3.27. The molecule has 5 nitrogen and oxygen atoms in total. The Morgan fingerprint density at radius 3 is 2.85 bits per heavy atom. The molecule has 4 rings (SSSR count). The van der Waals surface area contributed by atoms with E-state index in [4.69, 9.17) is 16.6 Å². The second kappa shape index (κ2) is 6.70. The second-order valence-corrected chi connectivity index (χ2v) is 7.94. The Morgan fingerprint density at radius 2 is 2.15 bits per heavy atom. The van der Waals surface area contributed by atoms with Gasteiger partial charge in [0.2, 0.25) is 5.91 Å². The Labute approximate surface area is 160 Å². The van der Waals surface area contributed by atoms with Crippen LogP contribution in [0.25, 0.3) is 0 Å². The fraction of sp³-hybridized carbons (Fsp3) is 0.389. The summed E-state index contributed by atoms with van der Waals surface area (Å²) < 4.78 is 15.1. The largest absolute Gasteiger partial charge is 0.287 e. The van der Waals surface area contributed by atoms with Crippen molar-refractivity contribution in [2.24, 2.45) is 4.99 Å². The third kappa shape index (κ3) is 3.25. The third-order valence-electron chi connectivity index (χ3n) is 4.60. The van der Waals surface area contributed by atoms with Gasteiger partial charge in [-0.3, -0.25) is 14.4 Å². The molecule has 0 atom stereocenters. The van der Waals surface area contributed by atoms with Crippen LogP contribution in [0.4, 0.5) is 10.1 Å². The monoisotopic (exact) mass is 392 g/mol. The smallest absolute Gasteiger partial charge is 0.239 e. The summed E-state index contributed by atoms with van der Waals surface area (Å²) in [4.78, 5) is 18.7. The van der Waals surface area contributed by atoms with Crippen molar-refractivity contribution in [3.05, 3.63) is 46.0 Å². The maximum Gasteiger partial charge on any atom is 0.239 e. The molecule has 8 heteroatoms. The summed E-state index contributed by atoms with van der Waals surface area (Å²) in [5.74, 6) is 0.228. The van der Waals surface area contributed by atoms with Crippen molar-refractivity contribution in [1.82, 2.24) is 14.7 Å². The molecule has 1 saturated heterocycles. The number of amidine groups is 1. The molecular formula is C18H18ClFN4OS. The molecular weight excluding hydrogens is 375 g/mol. The number of amides is 1. The zero-order chi connectivity index (χ0) is 18.4. The van der Waals surface area contributed by atoms with Gasteiger partial charge in [0, 0.05) is 11.1 Å². The summed E-state index contributed by atoms with van der Waals surface area (Å²) in [5, 5.41) is 5.70. The van der Waals surface area contributed by atoms with Gasteiger partial charge in [-0.2, -0.15) is 5.10 Å². The van der Waals surface area contributed by atoms with Crippen molar-refractivity contribution in [3.8, 4) is 0 Å². The van der Waals surface area contributed by atoms with E-state index in [1.54, 1.807) is 6.07 Å². The number of hydrogen-bond donors (Lipinski definition) is 0. The molecule has 1 aliphatic carbocycles. The highest BCUT2D eigenvalue weighted by Gasteiger charge is 2.40. The van der Waals surface area contributed by atoms with Crippen molar-refractivity contribution in [2.45, 2.75) is 39.3 Å². The molecule has 0 bridgehead atoms. The lowest BCUT2D eigenvalue weighted by atomic mass is 10.2. The van der Waals surface area contributed by atoms with Gasteiger partial charge in [-0.25, -0.2) is 9.38 Å². The first-order valence-electron chi connectivity index (χ1n) is 8.45. The Morgan fingerprint density at radius 1 is 1.38 bits per heavy atom. The molecule has 2 aromatic rings. The normalized spacial score (nSPS) is 19.0. The lowest BCUT2D eigenvalue weighted by molar-refractivity contribution is -0.124. The van der Waals surface area contributed by atoms with E-state index < -0.39 is 0 Å². The molecule has 0 spiro atoms. The highest BCUT2D eigenvalue weighted by atomic mass is 35.5. The fourth-order valence-corrected chi connectivity index (χ4v) is 4.23. The summed E-state index contributed by atoms with van der Waals surface area (Å²) in [6.07, 6.45) is 2.09. The number of hydrogen-bond acceptors (Lipinski definition) is 4. The first-order valence-corrected chi connectivity index (χ1v) is 9.82. The first-order chi connectivity index (χ1) is 12.4. The van der Waals surface area contributed by atoms with Gasteiger partial charge in [-0.15, -0.1) is 0 Å². The lowest BCUT2D eigenvalue weighted by Gasteiger charge is -2.14. The van der Waals surface area contributed by atoms with Crippen LogP contribution in [0.3, 0.4) is 0 Å². The maximum atomic E-state index is 13.2. The Balaban J connectivity index is 1.64. The highest BCUT2D eigenvalue weighted by Crippen LogP contribution is 2.36. The predicted octanol–water partition coefficient (Wildman–Crippen LogP) is 4.07. The number of aryl methyl sites for hydroxylation is 1. The molecule has 2 aliphatic rings. The van der Waals surface area contributed by atoms with Gasteiger partial charge in [0.1, 0.15) is 11.5 Å². The predicted molar refractivity (Wildman–Crippen MR) is 102 cm³/mol. The minimum absolute atomic E-state index is 0.136. The minimum Gasteiger partial charge on any atom is -0.287 e. The minimum atomic E-state index is -0.359. The van der Waals surface area contributed by atoms with Gasteiger partial charge in [0.15, 0.2) is 5.17 Å². The van der Waals surface area contributed by atoms with Crippen LogP contribution in [-0.4, -0.2) is 37.5 Å². The van der Waals surface area contributed by atoms with Crippen molar-refractivity contribution in [3.63, 3.8) is 0 Å². The summed E-state index contributed by atoms with van der Waals surface area (Å²) in [7, 11) is 0. The van der Waals surface area contributed by atoms with Crippen LogP contribution in [0, 0.1) is 19.7 Å². The Kier molecular flexibility index (Phi) is 4.52. The van der Waals surface area contributed by atoms with Gasteiger partial charge in [-0.1, -0.05) is 29.4 Å². The molecule has 1 amide bonds. The first kappa shape index (κ1) is 17.5. The topological polar surface area (TPSA) is 50.5 Å². The van der Waals surface area contributed by atoms with E-state index in [1.165, 1.54) is 23.9 Å². The van der Waals surface area contributed by atoms with E-state index in [-0.39, 0.29) is 11.7 Å². The van der Waals surface area contributed by atoms with Gasteiger partial charge < -0.3 is 0 Å². The van der Waals surface area contributed by atoms with Crippen LogP contribution in [0.1, 0.15) is 29.8 Å². The molecule has 1 aromatic heterocycles. The van der Waals surface area contributed by atoms with Gasteiger partial charge in [-0.05, 0) is 44.4 Å². The van der Waals surface area contributed by atoms with Crippen LogP contribution < -0.4 is 0 Å². The summed E-state index contributed by atoms with van der Waals surface area (Å²) in [6, 6.07) is 4.67. The van der Waals surface area contributed by atoms with Gasteiger partial charge in [0.25, 0.3) is 0 Å². The number of benzene rings is 1. The van der Waals surface area contributed by atoms with E-state index in [0.29, 0.717) is 23.4 Å². The van der Waals surface area contributed by atoms with Gasteiger partial charge in [0.05, 0.1) is 23.7 Å². The van der Waals surface area contributed by atoms with E-state index in [0.717, 1.165) is 40.6 Å². The molecule has 0 radical (unpaired) electrons. The quantitative estimate of drug-likeness (QED) is 0.788. The van der Waals surface area contributed by atoms with Gasteiger partial charge >= 0.3 is 0 Å². The number of halogens is 2. The maximum absolute atomic E-state index is 13.2. The van der Waals surface area contributed by atoms with Crippen molar-refractivity contribution in [2.75, 3.05) is 5.75 Å². The Hall–Kier alpha value is -1.86. The van der Waals surface area contributed by atoms with Crippen LogP contribution in [0.15, 0.2) is 23.2 Å². The zero-order valence-corrected chi connectivity index (χ0v) is 16.1. The zero-order valence-electron chi connectivity index (χ0n) is 14.5. The number of carbonyl (C=O) groups is 1. The molecule has 0 N–H and O–H groups in total. The van der Waals surface area contributed by atoms with Crippen LogP contribution >= 0.6 is 23.4 Å². The molecule has 1 aromatic carbocycles. The van der Waals surface area contributed by atoms with Crippen LogP contribution in [0.2, 0.25) is 5.02 Å². The average Bonchev–Trinajstić information content (AvgIpc) is 3.31. The third-order valence-corrected chi connectivity index (χ3v) is 5.89. The molecule has 2 fully saturated rings. The number of aliphatic imine (C=N–C) groups is 1. The number of nitrogens with zero attached hydrogens (tertiary/aromatic N) is 4. The molecule has 0 unspecified atom stereocenters. The highest BCUT2D eigenvalue weighted by molar-refractivity contribution is 8.15. The number of carbonyl (C=O) groups excluding carboxylic acids is 1. The van der Waals surface area contributed by atoms with E-state index in [1.807, 2.05) is 23.4 Å². The van der Waals surface area contributed by atoms with Crippen molar-refractivity contribution in [1.29, 1.82) is 0 Å². The number of thioether (sulfide) groups is 1.